The predicted octanol–water partition coefficient (Wildman–Crippen LogP) is 3.28. The summed E-state index contributed by atoms with van der Waals surface area (Å²) >= 11 is 0. The fourth-order valence-electron chi connectivity index (χ4n) is 2.64. The third-order valence-corrected chi connectivity index (χ3v) is 3.90. The van der Waals surface area contributed by atoms with Crippen LogP contribution in [0.2, 0.25) is 0 Å². The van der Waals surface area contributed by atoms with Crippen LogP contribution in [0.25, 0.3) is 11.1 Å². The maximum atomic E-state index is 12.3. The molecule has 136 valence electrons. The van der Waals surface area contributed by atoms with Crippen LogP contribution in [-0.2, 0) is 6.54 Å². The summed E-state index contributed by atoms with van der Waals surface area (Å²) in [5.74, 6) is 0.665. The van der Waals surface area contributed by atoms with E-state index in [0.717, 1.165) is 0 Å². The summed E-state index contributed by atoms with van der Waals surface area (Å²) in [4.78, 5) is 24.0. The molecule has 8 heteroatoms. The third-order valence-electron chi connectivity index (χ3n) is 3.90. The van der Waals surface area contributed by atoms with Crippen LogP contribution in [0.4, 0.5) is 16.2 Å². The number of urea groups is 1. The first-order chi connectivity index (χ1) is 12.5. The fourth-order valence-corrected chi connectivity index (χ4v) is 2.64. The average molecular weight is 357 g/mol. The van der Waals surface area contributed by atoms with Crippen LogP contribution >= 0.6 is 0 Å². The van der Waals surface area contributed by atoms with Crippen molar-refractivity contribution < 1.29 is 18.7 Å². The second-order valence-electron chi connectivity index (χ2n) is 5.44. The monoisotopic (exact) mass is 357 g/mol. The zero-order valence-corrected chi connectivity index (χ0v) is 14.7. The molecule has 0 unspecified atom stereocenters. The molecule has 3 aromatic rings. The lowest BCUT2D eigenvalue weighted by Crippen LogP contribution is -2.19. The number of carbonyl (C=O) groups excluding carboxylic acids is 1. The van der Waals surface area contributed by atoms with E-state index in [1.54, 1.807) is 36.4 Å². The van der Waals surface area contributed by atoms with E-state index in [9.17, 15) is 9.59 Å². The van der Waals surface area contributed by atoms with Gasteiger partial charge in [-0.25, -0.2) is 9.59 Å². The first-order valence-corrected chi connectivity index (χ1v) is 7.99. The summed E-state index contributed by atoms with van der Waals surface area (Å²) in [5, 5.41) is 5.41. The van der Waals surface area contributed by atoms with Crippen molar-refractivity contribution in [2.45, 2.75) is 13.5 Å². The Balaban J connectivity index is 1.80. The molecule has 26 heavy (non-hydrogen) atoms. The summed E-state index contributed by atoms with van der Waals surface area (Å²) in [7, 11) is 3.05. The molecule has 3 rings (SSSR count). The molecule has 0 aliphatic heterocycles. The molecule has 2 aromatic carbocycles. The van der Waals surface area contributed by atoms with Crippen molar-refractivity contribution in [2.24, 2.45) is 0 Å². The number of benzene rings is 2. The molecule has 0 radical (unpaired) electrons. The van der Waals surface area contributed by atoms with Gasteiger partial charge in [0, 0.05) is 24.4 Å². The van der Waals surface area contributed by atoms with Gasteiger partial charge >= 0.3 is 11.8 Å². The largest absolute Gasteiger partial charge is 0.497 e. The summed E-state index contributed by atoms with van der Waals surface area (Å²) in [6, 6.07) is 9.65. The van der Waals surface area contributed by atoms with E-state index in [0.29, 0.717) is 40.5 Å². The lowest BCUT2D eigenvalue weighted by molar-refractivity contribution is 0.262. The predicted molar refractivity (Wildman–Crippen MR) is 98.3 cm³/mol. The fraction of sp³-hybridized carbons (Fsp3) is 0.222. The number of rotatable bonds is 5. The molecule has 0 aliphatic carbocycles. The molecule has 0 aliphatic rings. The lowest BCUT2D eigenvalue weighted by atomic mass is 10.2. The highest BCUT2D eigenvalue weighted by molar-refractivity contribution is 6.01. The van der Waals surface area contributed by atoms with Crippen LogP contribution in [0.15, 0.2) is 45.6 Å². The number of nitrogens with one attached hydrogen (secondary N) is 2. The van der Waals surface area contributed by atoms with Crippen LogP contribution in [0.5, 0.6) is 11.5 Å². The molecule has 0 bridgehead atoms. The number of fused-ring (bicyclic) bond motifs is 1. The Labute approximate surface area is 149 Å². The molecular weight excluding hydrogens is 338 g/mol. The molecule has 0 spiro atoms. The summed E-state index contributed by atoms with van der Waals surface area (Å²) in [6.45, 7) is 2.37. The Morgan fingerprint density at radius 2 is 1.92 bits per heavy atom. The maximum absolute atomic E-state index is 12.3. The standard InChI is InChI=1S/C18H19N3O5/c1-4-21-14-7-5-11(9-16(14)26-18(21)23)19-17(22)20-13-10-12(24-2)6-8-15(13)25-3/h5-10H,4H2,1-3H3,(H2,19,20,22). The van der Waals surface area contributed by atoms with Crippen molar-refractivity contribution in [3.63, 3.8) is 0 Å². The Morgan fingerprint density at radius 1 is 1.12 bits per heavy atom. The van der Waals surface area contributed by atoms with E-state index >= 15 is 0 Å². The van der Waals surface area contributed by atoms with Crippen LogP contribution in [-0.4, -0.2) is 24.8 Å². The van der Waals surface area contributed by atoms with Gasteiger partial charge in [-0.05, 0) is 31.2 Å². The number of carbonyl (C=O) groups is 1. The Bertz CT molecular complexity index is 1010. The number of ether oxygens (including phenoxy) is 2. The lowest BCUT2D eigenvalue weighted by Gasteiger charge is -2.12. The summed E-state index contributed by atoms with van der Waals surface area (Å²) in [5.41, 5.74) is 2.05. The second-order valence-corrected chi connectivity index (χ2v) is 5.44. The molecule has 0 saturated carbocycles. The topological polar surface area (TPSA) is 94.7 Å². The van der Waals surface area contributed by atoms with E-state index in [1.807, 2.05) is 6.92 Å². The van der Waals surface area contributed by atoms with E-state index in [1.165, 1.54) is 18.8 Å². The van der Waals surface area contributed by atoms with Crippen molar-refractivity contribution in [3.05, 3.63) is 46.9 Å². The van der Waals surface area contributed by atoms with Gasteiger partial charge in [-0.3, -0.25) is 4.57 Å². The van der Waals surface area contributed by atoms with Gasteiger partial charge in [-0.1, -0.05) is 0 Å². The quantitative estimate of drug-likeness (QED) is 0.731. The van der Waals surface area contributed by atoms with Crippen molar-refractivity contribution in [3.8, 4) is 11.5 Å². The van der Waals surface area contributed by atoms with E-state index < -0.39 is 11.8 Å². The Morgan fingerprint density at radius 3 is 2.62 bits per heavy atom. The minimum Gasteiger partial charge on any atom is -0.497 e. The summed E-state index contributed by atoms with van der Waals surface area (Å²) in [6.07, 6.45) is 0. The number of hydrogen-bond acceptors (Lipinski definition) is 5. The molecule has 0 fully saturated rings. The van der Waals surface area contributed by atoms with Gasteiger partial charge in [-0.15, -0.1) is 0 Å². The SMILES string of the molecule is CCn1c(=O)oc2cc(NC(=O)Nc3cc(OC)ccc3OC)ccc21. The van der Waals surface area contributed by atoms with Crippen LogP contribution in [0, 0.1) is 0 Å². The maximum Gasteiger partial charge on any atom is 0.419 e. The zero-order valence-electron chi connectivity index (χ0n) is 14.7. The Kier molecular flexibility index (Phi) is 4.83. The van der Waals surface area contributed by atoms with Gasteiger partial charge in [0.05, 0.1) is 25.4 Å². The highest BCUT2D eigenvalue weighted by Crippen LogP contribution is 2.29. The van der Waals surface area contributed by atoms with Crippen molar-refractivity contribution in [2.75, 3.05) is 24.9 Å². The van der Waals surface area contributed by atoms with Crippen molar-refractivity contribution in [1.29, 1.82) is 0 Å². The van der Waals surface area contributed by atoms with Crippen LogP contribution < -0.4 is 25.9 Å². The molecule has 2 N–H and O–H groups in total. The number of hydrogen-bond donors (Lipinski definition) is 2. The second kappa shape index (κ2) is 7.22. The molecule has 1 aromatic heterocycles. The number of aromatic nitrogens is 1. The minimum absolute atomic E-state index is 0.411. The van der Waals surface area contributed by atoms with Gasteiger partial charge in [0.1, 0.15) is 11.5 Å². The molecule has 0 atom stereocenters. The summed E-state index contributed by atoms with van der Waals surface area (Å²) < 4.78 is 17.1. The van der Waals surface area contributed by atoms with Gasteiger partial charge < -0.3 is 24.5 Å². The van der Waals surface area contributed by atoms with Crippen molar-refractivity contribution in [1.82, 2.24) is 4.57 Å². The smallest absolute Gasteiger partial charge is 0.419 e. The number of oxazole rings is 1. The average Bonchev–Trinajstić information content (AvgIpc) is 2.95. The number of amides is 2. The van der Waals surface area contributed by atoms with E-state index in [-0.39, 0.29) is 0 Å². The van der Waals surface area contributed by atoms with Gasteiger partial charge in [0.25, 0.3) is 0 Å². The van der Waals surface area contributed by atoms with Crippen LogP contribution in [0.1, 0.15) is 6.92 Å². The van der Waals surface area contributed by atoms with E-state index in [4.69, 9.17) is 13.9 Å². The molecule has 2 amide bonds. The van der Waals surface area contributed by atoms with Gasteiger partial charge in [0.2, 0.25) is 0 Å². The molecule has 1 heterocycles. The number of methoxy groups -OCH3 is 2. The highest BCUT2D eigenvalue weighted by Gasteiger charge is 2.12. The molecule has 8 nitrogen and oxygen atoms in total. The first-order valence-electron chi connectivity index (χ1n) is 7.99. The minimum atomic E-state index is -0.465. The molecule has 0 saturated heterocycles. The van der Waals surface area contributed by atoms with Crippen LogP contribution in [0.3, 0.4) is 0 Å². The third kappa shape index (κ3) is 3.34. The number of anilines is 2. The molecular formula is C18H19N3O5. The van der Waals surface area contributed by atoms with Crippen molar-refractivity contribution >= 4 is 28.5 Å². The van der Waals surface area contributed by atoms with Gasteiger partial charge in [0.15, 0.2) is 5.58 Å². The Hall–Kier alpha value is -3.42. The van der Waals surface area contributed by atoms with E-state index in [2.05, 4.69) is 10.6 Å². The normalized spacial score (nSPS) is 10.6. The number of aryl methyl sites for hydroxylation is 1. The first kappa shape index (κ1) is 17.4. The highest BCUT2D eigenvalue weighted by atomic mass is 16.5. The zero-order chi connectivity index (χ0) is 18.7. The van der Waals surface area contributed by atoms with Gasteiger partial charge in [-0.2, -0.15) is 0 Å². The number of nitrogens with zero attached hydrogens (tertiary/aromatic N) is 1.